The minimum absolute atomic E-state index is 0.477. The largest absolute Gasteiger partial charge is 0.493 e. The summed E-state index contributed by atoms with van der Waals surface area (Å²) in [6.07, 6.45) is 1.68. The number of nitriles is 1. The number of nitrogens with one attached hydrogen (secondary N) is 1. The highest BCUT2D eigenvalue weighted by Crippen LogP contribution is 2.33. The van der Waals surface area contributed by atoms with Gasteiger partial charge in [-0.05, 0) is 65.1 Å². The summed E-state index contributed by atoms with van der Waals surface area (Å²) in [5, 5.41) is 15.2. The van der Waals surface area contributed by atoms with Gasteiger partial charge in [0.25, 0.3) is 0 Å². The molecule has 0 bridgehead atoms. The third-order valence-corrected chi connectivity index (χ3v) is 5.36. The summed E-state index contributed by atoms with van der Waals surface area (Å²) in [4.78, 5) is 4.60. The molecule has 136 valence electrons. The molecule has 0 amide bonds. The van der Waals surface area contributed by atoms with Gasteiger partial charge in [0.05, 0.1) is 19.9 Å². The second-order valence-electron chi connectivity index (χ2n) is 5.43. The van der Waals surface area contributed by atoms with Crippen LogP contribution in [0.3, 0.4) is 0 Å². The van der Waals surface area contributed by atoms with Gasteiger partial charge in [-0.3, -0.25) is 0 Å². The molecule has 1 heterocycles. The molecule has 5 nitrogen and oxygen atoms in total. The lowest BCUT2D eigenvalue weighted by atomic mass is 10.1. The first-order chi connectivity index (χ1) is 13.1. The Bertz CT molecular complexity index is 1010. The first kappa shape index (κ1) is 19.2. The lowest BCUT2D eigenvalue weighted by molar-refractivity contribution is 0.355. The number of aromatic nitrogens is 1. The van der Waals surface area contributed by atoms with Crippen molar-refractivity contribution in [3.05, 3.63) is 62.6 Å². The lowest BCUT2D eigenvalue weighted by Gasteiger charge is -2.08. The highest BCUT2D eigenvalue weighted by atomic mass is 127. The molecule has 3 aromatic rings. The van der Waals surface area contributed by atoms with Crippen molar-refractivity contribution in [1.82, 2.24) is 4.98 Å². The summed E-state index contributed by atoms with van der Waals surface area (Å²) in [7, 11) is 3.20. The number of benzene rings is 2. The quantitative estimate of drug-likeness (QED) is 0.371. The monoisotopic (exact) mass is 489 g/mol. The van der Waals surface area contributed by atoms with Gasteiger partial charge >= 0.3 is 0 Å². The molecule has 0 fully saturated rings. The van der Waals surface area contributed by atoms with Gasteiger partial charge in [0, 0.05) is 26.4 Å². The second kappa shape index (κ2) is 8.88. The van der Waals surface area contributed by atoms with E-state index in [0.29, 0.717) is 22.1 Å². The molecule has 0 saturated carbocycles. The van der Waals surface area contributed by atoms with Gasteiger partial charge in [0.2, 0.25) is 0 Å². The van der Waals surface area contributed by atoms with E-state index in [1.54, 1.807) is 20.4 Å². The first-order valence-corrected chi connectivity index (χ1v) is 9.91. The number of ether oxygens (including phenoxy) is 2. The molecule has 0 spiro atoms. The van der Waals surface area contributed by atoms with Crippen LogP contribution in [0.4, 0.5) is 5.69 Å². The molecule has 1 aromatic heterocycles. The van der Waals surface area contributed by atoms with Crippen LogP contribution in [0.2, 0.25) is 0 Å². The third kappa shape index (κ3) is 4.59. The summed E-state index contributed by atoms with van der Waals surface area (Å²) in [5.41, 5.74) is 3.08. The fourth-order valence-electron chi connectivity index (χ4n) is 2.37. The van der Waals surface area contributed by atoms with Crippen LogP contribution >= 0.6 is 33.9 Å². The molecule has 0 aliphatic carbocycles. The number of hydrogen-bond donors (Lipinski definition) is 1. The van der Waals surface area contributed by atoms with Crippen molar-refractivity contribution >= 4 is 45.2 Å². The Kier molecular flexibility index (Phi) is 6.32. The number of thiazole rings is 1. The second-order valence-corrected chi connectivity index (χ2v) is 7.53. The molecule has 3 rings (SSSR count). The van der Waals surface area contributed by atoms with E-state index in [1.165, 1.54) is 11.3 Å². The molecule has 0 saturated heterocycles. The molecular formula is C20H16IN3O2S. The summed E-state index contributed by atoms with van der Waals surface area (Å²) in [5.74, 6) is 1.30. The molecule has 2 aromatic carbocycles. The Morgan fingerprint density at radius 3 is 2.56 bits per heavy atom. The van der Waals surface area contributed by atoms with E-state index < -0.39 is 0 Å². The Morgan fingerprint density at radius 2 is 1.89 bits per heavy atom. The zero-order valence-corrected chi connectivity index (χ0v) is 17.7. The molecule has 0 unspecified atom stereocenters. The first-order valence-electron chi connectivity index (χ1n) is 7.95. The van der Waals surface area contributed by atoms with Crippen molar-refractivity contribution in [1.29, 1.82) is 5.26 Å². The van der Waals surface area contributed by atoms with Crippen LogP contribution in [0.5, 0.6) is 11.5 Å². The zero-order chi connectivity index (χ0) is 19.2. The van der Waals surface area contributed by atoms with Gasteiger partial charge in [0.1, 0.15) is 16.6 Å². The van der Waals surface area contributed by atoms with Gasteiger partial charge < -0.3 is 14.8 Å². The van der Waals surface area contributed by atoms with E-state index >= 15 is 0 Å². The van der Waals surface area contributed by atoms with Crippen molar-refractivity contribution in [2.75, 3.05) is 19.5 Å². The van der Waals surface area contributed by atoms with Crippen LogP contribution in [0.25, 0.3) is 16.8 Å². The van der Waals surface area contributed by atoms with Gasteiger partial charge in [0.15, 0.2) is 11.5 Å². The minimum Gasteiger partial charge on any atom is -0.493 e. The lowest BCUT2D eigenvalue weighted by Crippen LogP contribution is -1.92. The molecule has 0 aliphatic rings. The molecule has 0 atom stereocenters. The predicted octanol–water partition coefficient (Wildman–Crippen LogP) is 5.41. The van der Waals surface area contributed by atoms with Crippen molar-refractivity contribution in [2.45, 2.75) is 0 Å². The number of allylic oxidation sites excluding steroid dienone is 1. The number of rotatable bonds is 6. The highest BCUT2D eigenvalue weighted by Gasteiger charge is 2.11. The summed E-state index contributed by atoms with van der Waals surface area (Å²) >= 11 is 3.67. The molecule has 1 N–H and O–H groups in total. The smallest absolute Gasteiger partial charge is 0.161 e. The van der Waals surface area contributed by atoms with Gasteiger partial charge in [-0.15, -0.1) is 11.3 Å². The molecule has 7 heteroatoms. The average molecular weight is 489 g/mol. The number of methoxy groups -OCH3 is 2. The van der Waals surface area contributed by atoms with Crippen LogP contribution in [-0.4, -0.2) is 19.2 Å². The maximum atomic E-state index is 9.50. The maximum absolute atomic E-state index is 9.50. The Hall–Kier alpha value is -2.57. The maximum Gasteiger partial charge on any atom is 0.161 e. The minimum atomic E-state index is 0.477. The molecule has 27 heavy (non-hydrogen) atoms. The Morgan fingerprint density at radius 1 is 1.15 bits per heavy atom. The van der Waals surface area contributed by atoms with E-state index in [-0.39, 0.29) is 0 Å². The van der Waals surface area contributed by atoms with Crippen molar-refractivity contribution in [2.24, 2.45) is 0 Å². The van der Waals surface area contributed by atoms with E-state index in [2.05, 4.69) is 39.0 Å². The topological polar surface area (TPSA) is 67.2 Å². The predicted molar refractivity (Wildman–Crippen MR) is 117 cm³/mol. The van der Waals surface area contributed by atoms with Crippen molar-refractivity contribution < 1.29 is 9.47 Å². The third-order valence-electron chi connectivity index (χ3n) is 3.76. The molecule has 0 radical (unpaired) electrons. The van der Waals surface area contributed by atoms with Crippen molar-refractivity contribution in [3.63, 3.8) is 0 Å². The van der Waals surface area contributed by atoms with Crippen LogP contribution in [-0.2, 0) is 0 Å². The summed E-state index contributed by atoms with van der Waals surface area (Å²) in [6.45, 7) is 0. The molecular weight excluding hydrogens is 473 g/mol. The number of hydrogen-bond acceptors (Lipinski definition) is 6. The van der Waals surface area contributed by atoms with Gasteiger partial charge in [-0.2, -0.15) is 5.26 Å². The summed E-state index contributed by atoms with van der Waals surface area (Å²) in [6, 6.07) is 15.8. The fourth-order valence-corrected chi connectivity index (χ4v) is 3.52. The summed E-state index contributed by atoms with van der Waals surface area (Å²) < 4.78 is 11.8. The SMILES string of the molecule is COc1ccc(-c2csc(/C(C#N)=C/Nc3ccc(I)cc3)n2)cc1OC. The normalized spacial score (nSPS) is 11.0. The number of nitrogens with zero attached hydrogens (tertiary/aromatic N) is 2. The fraction of sp³-hybridized carbons (Fsp3) is 0.100. The highest BCUT2D eigenvalue weighted by molar-refractivity contribution is 14.1. The van der Waals surface area contributed by atoms with E-state index in [4.69, 9.17) is 9.47 Å². The van der Waals surface area contributed by atoms with E-state index in [0.717, 1.165) is 20.5 Å². The van der Waals surface area contributed by atoms with Crippen LogP contribution in [0.1, 0.15) is 5.01 Å². The van der Waals surface area contributed by atoms with Gasteiger partial charge in [-0.1, -0.05) is 0 Å². The van der Waals surface area contributed by atoms with Crippen LogP contribution < -0.4 is 14.8 Å². The Balaban J connectivity index is 1.84. The zero-order valence-electron chi connectivity index (χ0n) is 14.7. The van der Waals surface area contributed by atoms with Crippen LogP contribution in [0, 0.1) is 14.9 Å². The van der Waals surface area contributed by atoms with Crippen LogP contribution in [0.15, 0.2) is 54.0 Å². The standard InChI is InChI=1S/C20H16IN3O2S/c1-25-18-8-3-13(9-19(18)26-2)17-12-27-20(24-17)14(10-22)11-23-16-6-4-15(21)5-7-16/h3-9,11-12,23H,1-2H3/b14-11+. The molecule has 0 aliphatic heterocycles. The number of anilines is 1. The Labute approximate surface area is 175 Å². The number of halogens is 1. The average Bonchev–Trinajstić information content (AvgIpc) is 3.19. The van der Waals surface area contributed by atoms with E-state index in [9.17, 15) is 5.26 Å². The van der Waals surface area contributed by atoms with Crippen molar-refractivity contribution in [3.8, 4) is 28.8 Å². The van der Waals surface area contributed by atoms with E-state index in [1.807, 2.05) is 47.8 Å². The van der Waals surface area contributed by atoms with Gasteiger partial charge in [-0.25, -0.2) is 4.98 Å².